The molecule has 0 atom stereocenters. The molecule has 0 saturated carbocycles. The third-order valence-electron chi connectivity index (χ3n) is 4.42. The molecule has 0 radical (unpaired) electrons. The minimum atomic E-state index is -0.388. The zero-order chi connectivity index (χ0) is 20.8. The highest BCUT2D eigenvalue weighted by molar-refractivity contribution is 6.03. The van der Waals surface area contributed by atoms with E-state index in [-0.39, 0.29) is 11.9 Å². The highest BCUT2D eigenvalue weighted by Gasteiger charge is 2.12. The van der Waals surface area contributed by atoms with Crippen LogP contribution in [0.5, 0.6) is 0 Å². The predicted molar refractivity (Wildman–Crippen MR) is 114 cm³/mol. The topological polar surface area (TPSA) is 80.3 Å². The molecule has 0 fully saturated rings. The third kappa shape index (κ3) is 4.99. The molecular weight excluding hydrogens is 366 g/mol. The van der Waals surface area contributed by atoms with Crippen LogP contribution in [0.15, 0.2) is 66.9 Å². The molecule has 0 saturated heterocycles. The fourth-order valence-corrected chi connectivity index (χ4v) is 2.91. The second-order valence-electron chi connectivity index (χ2n) is 6.82. The number of methoxy groups -OCH3 is 1. The summed E-state index contributed by atoms with van der Waals surface area (Å²) in [4.78, 5) is 28.4. The zero-order valence-electron chi connectivity index (χ0n) is 16.6. The number of anilines is 3. The van der Waals surface area contributed by atoms with Gasteiger partial charge in [0, 0.05) is 23.3 Å². The van der Waals surface area contributed by atoms with Crippen molar-refractivity contribution < 1.29 is 14.3 Å². The van der Waals surface area contributed by atoms with Gasteiger partial charge in [0.1, 0.15) is 5.69 Å². The molecule has 29 heavy (non-hydrogen) atoms. The molecule has 1 aromatic heterocycles. The van der Waals surface area contributed by atoms with E-state index in [1.54, 1.807) is 42.6 Å². The number of rotatable bonds is 6. The Morgan fingerprint density at radius 3 is 2.38 bits per heavy atom. The van der Waals surface area contributed by atoms with Gasteiger partial charge in [-0.05, 0) is 53.9 Å². The number of nitrogens with zero attached hydrogens (tertiary/aromatic N) is 1. The number of nitrogens with one attached hydrogen (secondary N) is 2. The average molecular weight is 389 g/mol. The molecule has 0 aliphatic rings. The summed E-state index contributed by atoms with van der Waals surface area (Å²) < 4.78 is 4.70. The summed E-state index contributed by atoms with van der Waals surface area (Å²) in [6.07, 6.45) is 1.58. The van der Waals surface area contributed by atoms with Crippen LogP contribution in [-0.2, 0) is 4.74 Å². The summed E-state index contributed by atoms with van der Waals surface area (Å²) >= 11 is 0. The molecule has 2 N–H and O–H groups in total. The van der Waals surface area contributed by atoms with Crippen LogP contribution in [0.4, 0.5) is 17.1 Å². The molecule has 0 aliphatic heterocycles. The van der Waals surface area contributed by atoms with Crippen LogP contribution in [0.25, 0.3) is 0 Å². The van der Waals surface area contributed by atoms with Gasteiger partial charge in [0.15, 0.2) is 0 Å². The Morgan fingerprint density at radius 2 is 1.69 bits per heavy atom. The monoisotopic (exact) mass is 389 g/mol. The minimum Gasteiger partial charge on any atom is -0.465 e. The maximum Gasteiger partial charge on any atom is 0.337 e. The highest BCUT2D eigenvalue weighted by atomic mass is 16.5. The summed E-state index contributed by atoms with van der Waals surface area (Å²) in [5, 5.41) is 6.15. The molecule has 1 amide bonds. The van der Waals surface area contributed by atoms with E-state index in [1.165, 1.54) is 7.11 Å². The van der Waals surface area contributed by atoms with Gasteiger partial charge >= 0.3 is 5.97 Å². The number of aromatic nitrogens is 1. The zero-order valence-corrected chi connectivity index (χ0v) is 16.6. The molecule has 6 nitrogen and oxygen atoms in total. The number of benzene rings is 2. The van der Waals surface area contributed by atoms with Crippen molar-refractivity contribution in [3.05, 3.63) is 83.7 Å². The lowest BCUT2D eigenvalue weighted by molar-refractivity contribution is 0.0600. The number of pyridine rings is 1. The van der Waals surface area contributed by atoms with Crippen LogP contribution in [0.1, 0.15) is 46.2 Å². The smallest absolute Gasteiger partial charge is 0.337 e. The fourth-order valence-electron chi connectivity index (χ4n) is 2.91. The van der Waals surface area contributed by atoms with E-state index in [0.29, 0.717) is 22.9 Å². The van der Waals surface area contributed by atoms with Gasteiger partial charge < -0.3 is 15.4 Å². The Hall–Kier alpha value is -3.67. The van der Waals surface area contributed by atoms with Crippen molar-refractivity contribution in [2.75, 3.05) is 17.7 Å². The maximum absolute atomic E-state index is 12.7. The molecule has 0 bridgehead atoms. The van der Waals surface area contributed by atoms with Gasteiger partial charge in [-0.1, -0.05) is 32.0 Å². The Kier molecular flexibility index (Phi) is 6.24. The van der Waals surface area contributed by atoms with E-state index in [2.05, 4.69) is 29.5 Å². The van der Waals surface area contributed by atoms with Gasteiger partial charge in [-0.15, -0.1) is 0 Å². The second kappa shape index (κ2) is 9.01. The summed E-state index contributed by atoms with van der Waals surface area (Å²) in [7, 11) is 1.34. The van der Waals surface area contributed by atoms with E-state index >= 15 is 0 Å². The molecule has 3 aromatic rings. The van der Waals surface area contributed by atoms with E-state index in [0.717, 1.165) is 16.9 Å². The first-order valence-corrected chi connectivity index (χ1v) is 9.29. The van der Waals surface area contributed by atoms with Gasteiger partial charge in [-0.25, -0.2) is 4.79 Å². The lowest BCUT2D eigenvalue weighted by Crippen LogP contribution is -2.15. The SMILES string of the molecule is COC(=O)c1ccc(Nc2ccnc(C(=O)Nc3ccccc3C(C)C)c2)cc1. The van der Waals surface area contributed by atoms with Gasteiger partial charge in [-0.3, -0.25) is 9.78 Å². The number of carbonyl (C=O) groups excluding carboxylic acids is 2. The van der Waals surface area contributed by atoms with Gasteiger partial charge in [0.05, 0.1) is 12.7 Å². The largest absolute Gasteiger partial charge is 0.465 e. The van der Waals surface area contributed by atoms with Crippen molar-refractivity contribution >= 4 is 28.9 Å². The fraction of sp³-hybridized carbons (Fsp3) is 0.174. The van der Waals surface area contributed by atoms with Crippen LogP contribution in [0, 0.1) is 0 Å². The molecule has 148 valence electrons. The Labute approximate surface area is 169 Å². The lowest BCUT2D eigenvalue weighted by Gasteiger charge is -2.14. The number of para-hydroxylation sites is 1. The molecule has 1 heterocycles. The summed E-state index contributed by atoms with van der Waals surface area (Å²) in [5.41, 5.74) is 4.12. The summed E-state index contributed by atoms with van der Waals surface area (Å²) in [5.74, 6) is -0.371. The van der Waals surface area contributed by atoms with Crippen molar-refractivity contribution in [1.82, 2.24) is 4.98 Å². The average Bonchev–Trinajstić information content (AvgIpc) is 2.74. The number of hydrogen-bond acceptors (Lipinski definition) is 5. The van der Waals surface area contributed by atoms with Crippen molar-refractivity contribution in [2.24, 2.45) is 0 Å². The van der Waals surface area contributed by atoms with E-state index in [4.69, 9.17) is 4.74 Å². The normalized spacial score (nSPS) is 10.5. The first-order valence-electron chi connectivity index (χ1n) is 9.29. The Morgan fingerprint density at radius 1 is 0.966 bits per heavy atom. The van der Waals surface area contributed by atoms with Crippen molar-refractivity contribution in [3.8, 4) is 0 Å². The van der Waals surface area contributed by atoms with Crippen LogP contribution < -0.4 is 10.6 Å². The lowest BCUT2D eigenvalue weighted by atomic mass is 10.0. The Balaban J connectivity index is 1.74. The van der Waals surface area contributed by atoms with Crippen molar-refractivity contribution in [1.29, 1.82) is 0 Å². The number of amides is 1. The molecule has 6 heteroatoms. The van der Waals surface area contributed by atoms with Crippen LogP contribution in [0.3, 0.4) is 0 Å². The number of hydrogen-bond donors (Lipinski definition) is 2. The van der Waals surface area contributed by atoms with Gasteiger partial charge in [-0.2, -0.15) is 0 Å². The first-order chi connectivity index (χ1) is 14.0. The molecule has 0 aliphatic carbocycles. The van der Waals surface area contributed by atoms with Gasteiger partial charge in [0.25, 0.3) is 5.91 Å². The second-order valence-corrected chi connectivity index (χ2v) is 6.82. The maximum atomic E-state index is 12.7. The van der Waals surface area contributed by atoms with E-state index in [9.17, 15) is 9.59 Å². The van der Waals surface area contributed by atoms with E-state index in [1.807, 2.05) is 24.3 Å². The van der Waals surface area contributed by atoms with Gasteiger partial charge in [0.2, 0.25) is 0 Å². The summed E-state index contributed by atoms with van der Waals surface area (Å²) in [6.45, 7) is 4.17. The van der Waals surface area contributed by atoms with Crippen LogP contribution in [0.2, 0.25) is 0 Å². The standard InChI is InChI=1S/C23H23N3O3/c1-15(2)19-6-4-5-7-20(19)26-22(27)21-14-18(12-13-24-21)25-17-10-8-16(9-11-17)23(28)29-3/h4-15H,1-3H3,(H,24,25)(H,26,27). The molecule has 0 unspecified atom stereocenters. The van der Waals surface area contributed by atoms with Crippen molar-refractivity contribution in [2.45, 2.75) is 19.8 Å². The van der Waals surface area contributed by atoms with Crippen LogP contribution in [-0.4, -0.2) is 24.0 Å². The number of ether oxygens (including phenoxy) is 1. The quantitative estimate of drug-likeness (QED) is 0.581. The molecule has 3 rings (SSSR count). The van der Waals surface area contributed by atoms with E-state index < -0.39 is 0 Å². The third-order valence-corrected chi connectivity index (χ3v) is 4.42. The Bertz CT molecular complexity index is 1010. The molecular formula is C23H23N3O3. The summed E-state index contributed by atoms with van der Waals surface area (Å²) in [6, 6.07) is 18.1. The number of carbonyl (C=O) groups is 2. The molecule has 2 aromatic carbocycles. The van der Waals surface area contributed by atoms with Crippen molar-refractivity contribution in [3.63, 3.8) is 0 Å². The minimum absolute atomic E-state index is 0.275. The van der Waals surface area contributed by atoms with Crippen LogP contribution >= 0.6 is 0 Å². The number of esters is 1. The highest BCUT2D eigenvalue weighted by Crippen LogP contribution is 2.24. The predicted octanol–water partition coefficient (Wildman–Crippen LogP) is 4.99. The first kappa shape index (κ1) is 20.1. The molecule has 0 spiro atoms.